The average Bonchev–Trinajstić information content (AvgIpc) is 3.66. The van der Waals surface area contributed by atoms with Crippen molar-refractivity contribution in [2.75, 3.05) is 25.4 Å². The Morgan fingerprint density at radius 1 is 1.26 bits per heavy atom. The lowest BCUT2D eigenvalue weighted by molar-refractivity contribution is -0.108. The smallest absolute Gasteiger partial charge is 0.323 e. The Labute approximate surface area is 184 Å². The number of imide groups is 1. The highest BCUT2D eigenvalue weighted by atomic mass is 32.2. The summed E-state index contributed by atoms with van der Waals surface area (Å²) in [6.07, 6.45) is 6.28. The standard InChI is InChI=1S/C22H33N3O5S/c1-2-25(21(27)23-17-26)13-4-3-5-14-31(28,29)24-22(11-12-22)19-7-6-8-20(15-19)30-16-18-9-10-18/h6-8,15,17-18,24H,2-5,9-14,16H2,1H3,(H,23,26,27). The van der Waals surface area contributed by atoms with E-state index in [0.717, 1.165) is 30.8 Å². The summed E-state index contributed by atoms with van der Waals surface area (Å²) in [7, 11) is -3.41. The Morgan fingerprint density at radius 2 is 2.03 bits per heavy atom. The van der Waals surface area contributed by atoms with Gasteiger partial charge in [-0.15, -0.1) is 0 Å². The fourth-order valence-corrected chi connectivity index (χ4v) is 5.23. The number of hydrogen-bond donors (Lipinski definition) is 2. The van der Waals surface area contributed by atoms with Gasteiger partial charge in [0.2, 0.25) is 16.4 Å². The number of amides is 3. The van der Waals surface area contributed by atoms with E-state index < -0.39 is 21.6 Å². The second kappa shape index (κ2) is 10.5. The number of sulfonamides is 1. The van der Waals surface area contributed by atoms with E-state index in [0.29, 0.717) is 44.7 Å². The van der Waals surface area contributed by atoms with Crippen LogP contribution in [0.4, 0.5) is 4.79 Å². The average molecular weight is 452 g/mol. The van der Waals surface area contributed by atoms with Gasteiger partial charge in [0.25, 0.3) is 0 Å². The lowest BCUT2D eigenvalue weighted by atomic mass is 10.1. The molecule has 0 atom stereocenters. The van der Waals surface area contributed by atoms with Crippen molar-refractivity contribution in [3.8, 4) is 5.75 Å². The number of carbonyl (C=O) groups is 2. The summed E-state index contributed by atoms with van der Waals surface area (Å²) >= 11 is 0. The number of ether oxygens (including phenoxy) is 1. The predicted molar refractivity (Wildman–Crippen MR) is 118 cm³/mol. The molecule has 0 bridgehead atoms. The van der Waals surface area contributed by atoms with Crippen LogP contribution in [0.1, 0.15) is 57.4 Å². The van der Waals surface area contributed by atoms with Gasteiger partial charge < -0.3 is 9.64 Å². The summed E-state index contributed by atoms with van der Waals surface area (Å²) in [4.78, 5) is 23.6. The molecule has 2 aliphatic carbocycles. The Balaban J connectivity index is 1.44. The lowest BCUT2D eigenvalue weighted by Gasteiger charge is -2.20. The zero-order chi connectivity index (χ0) is 22.3. The monoisotopic (exact) mass is 451 g/mol. The van der Waals surface area contributed by atoms with E-state index in [1.807, 2.05) is 31.2 Å². The van der Waals surface area contributed by atoms with Crippen LogP contribution >= 0.6 is 0 Å². The van der Waals surface area contributed by atoms with Crippen molar-refractivity contribution in [1.29, 1.82) is 0 Å². The molecule has 172 valence electrons. The molecule has 1 aromatic carbocycles. The molecule has 3 amide bonds. The largest absolute Gasteiger partial charge is 0.493 e. The molecule has 3 rings (SSSR count). The minimum atomic E-state index is -3.41. The number of benzene rings is 1. The number of rotatable bonds is 14. The Kier molecular flexibility index (Phi) is 7.94. The molecule has 0 radical (unpaired) electrons. The minimum absolute atomic E-state index is 0.0548. The van der Waals surface area contributed by atoms with Gasteiger partial charge in [-0.2, -0.15) is 0 Å². The number of nitrogens with one attached hydrogen (secondary N) is 2. The van der Waals surface area contributed by atoms with E-state index in [1.165, 1.54) is 17.7 Å². The maximum Gasteiger partial charge on any atom is 0.323 e. The van der Waals surface area contributed by atoms with E-state index in [-0.39, 0.29) is 5.75 Å². The molecule has 0 unspecified atom stereocenters. The van der Waals surface area contributed by atoms with Gasteiger partial charge in [0, 0.05) is 13.1 Å². The van der Waals surface area contributed by atoms with Crippen LogP contribution in [0.3, 0.4) is 0 Å². The molecule has 2 aliphatic rings. The van der Waals surface area contributed by atoms with Crippen molar-refractivity contribution in [1.82, 2.24) is 14.9 Å². The van der Waals surface area contributed by atoms with E-state index in [9.17, 15) is 18.0 Å². The first-order chi connectivity index (χ1) is 14.9. The maximum atomic E-state index is 12.7. The molecular weight excluding hydrogens is 418 g/mol. The van der Waals surface area contributed by atoms with E-state index in [4.69, 9.17) is 4.74 Å². The predicted octanol–water partition coefficient (Wildman–Crippen LogP) is 2.74. The van der Waals surface area contributed by atoms with Gasteiger partial charge in [-0.1, -0.05) is 18.6 Å². The quantitative estimate of drug-likeness (QED) is 0.334. The highest BCUT2D eigenvalue weighted by Crippen LogP contribution is 2.47. The van der Waals surface area contributed by atoms with Crippen LogP contribution in [0.25, 0.3) is 0 Å². The van der Waals surface area contributed by atoms with Crippen molar-refractivity contribution in [2.45, 2.75) is 57.4 Å². The summed E-state index contributed by atoms with van der Waals surface area (Å²) in [5, 5.41) is 2.12. The summed E-state index contributed by atoms with van der Waals surface area (Å²) in [6.45, 7) is 3.54. The van der Waals surface area contributed by atoms with E-state index in [2.05, 4.69) is 10.0 Å². The van der Waals surface area contributed by atoms with E-state index >= 15 is 0 Å². The van der Waals surface area contributed by atoms with Gasteiger partial charge in [0.15, 0.2) is 0 Å². The summed E-state index contributed by atoms with van der Waals surface area (Å²) in [6, 6.07) is 7.34. The van der Waals surface area contributed by atoms with Crippen LogP contribution in [0, 0.1) is 5.92 Å². The van der Waals surface area contributed by atoms with Crippen LogP contribution in [0.2, 0.25) is 0 Å². The van der Waals surface area contributed by atoms with Crippen LogP contribution in [-0.2, 0) is 20.4 Å². The molecule has 0 heterocycles. The van der Waals surface area contributed by atoms with Crippen LogP contribution in [-0.4, -0.2) is 51.2 Å². The van der Waals surface area contributed by atoms with Crippen LogP contribution in [0.5, 0.6) is 5.75 Å². The van der Waals surface area contributed by atoms with Crippen LogP contribution in [0.15, 0.2) is 24.3 Å². The summed E-state index contributed by atoms with van der Waals surface area (Å²) in [5.74, 6) is 1.52. The molecule has 2 fully saturated rings. The SMILES string of the molecule is CCN(CCCCCS(=O)(=O)NC1(c2cccc(OCC3CC3)c2)CC1)C(=O)NC=O. The third-order valence-electron chi connectivity index (χ3n) is 5.86. The number of urea groups is 1. The van der Waals surface area contributed by atoms with E-state index in [1.54, 1.807) is 0 Å². The fraction of sp³-hybridized carbons (Fsp3) is 0.636. The van der Waals surface area contributed by atoms with Crippen molar-refractivity contribution >= 4 is 22.5 Å². The van der Waals surface area contributed by atoms with Gasteiger partial charge in [0.1, 0.15) is 5.75 Å². The second-order valence-corrected chi connectivity index (χ2v) is 10.3. The normalized spacial score (nSPS) is 17.1. The van der Waals surface area contributed by atoms with Crippen molar-refractivity contribution in [3.05, 3.63) is 29.8 Å². The first-order valence-electron chi connectivity index (χ1n) is 11.1. The number of carbonyl (C=O) groups excluding carboxylic acids is 2. The fourth-order valence-electron chi connectivity index (χ4n) is 3.62. The highest BCUT2D eigenvalue weighted by Gasteiger charge is 2.47. The number of nitrogens with zero attached hydrogens (tertiary/aromatic N) is 1. The third kappa shape index (κ3) is 7.21. The molecule has 31 heavy (non-hydrogen) atoms. The molecular formula is C22H33N3O5S. The molecule has 0 aliphatic heterocycles. The Morgan fingerprint density at radius 3 is 2.68 bits per heavy atom. The van der Waals surface area contributed by atoms with Crippen molar-refractivity contribution < 1.29 is 22.7 Å². The van der Waals surface area contributed by atoms with Gasteiger partial charge in [-0.3, -0.25) is 10.1 Å². The first kappa shape index (κ1) is 23.5. The van der Waals surface area contributed by atoms with Crippen LogP contribution < -0.4 is 14.8 Å². The zero-order valence-corrected chi connectivity index (χ0v) is 19.0. The molecule has 2 N–H and O–H groups in total. The second-order valence-electron chi connectivity index (χ2n) is 8.49. The summed E-state index contributed by atoms with van der Waals surface area (Å²) in [5.41, 5.74) is 0.452. The number of hydrogen-bond acceptors (Lipinski definition) is 5. The molecule has 1 aromatic rings. The van der Waals surface area contributed by atoms with Gasteiger partial charge in [-0.05, 0) is 69.1 Å². The molecule has 2 saturated carbocycles. The van der Waals surface area contributed by atoms with Gasteiger partial charge in [0.05, 0.1) is 17.9 Å². The lowest BCUT2D eigenvalue weighted by Crippen LogP contribution is -2.39. The Hall–Kier alpha value is -2.13. The maximum absolute atomic E-state index is 12.7. The molecule has 9 heteroatoms. The first-order valence-corrected chi connectivity index (χ1v) is 12.8. The molecule has 8 nitrogen and oxygen atoms in total. The molecule has 0 saturated heterocycles. The summed E-state index contributed by atoms with van der Waals surface area (Å²) < 4.78 is 34.1. The van der Waals surface area contributed by atoms with Gasteiger partial charge >= 0.3 is 6.03 Å². The minimum Gasteiger partial charge on any atom is -0.493 e. The van der Waals surface area contributed by atoms with Crippen molar-refractivity contribution in [2.24, 2.45) is 5.92 Å². The van der Waals surface area contributed by atoms with Gasteiger partial charge in [-0.25, -0.2) is 17.9 Å². The molecule has 0 spiro atoms. The number of unbranched alkanes of at least 4 members (excludes halogenated alkanes) is 2. The Bertz CT molecular complexity index is 866. The molecule has 0 aromatic heterocycles. The van der Waals surface area contributed by atoms with Crippen molar-refractivity contribution in [3.63, 3.8) is 0 Å². The third-order valence-corrected chi connectivity index (χ3v) is 7.39. The zero-order valence-electron chi connectivity index (χ0n) is 18.1. The highest BCUT2D eigenvalue weighted by molar-refractivity contribution is 7.89. The topological polar surface area (TPSA) is 105 Å².